The van der Waals surface area contributed by atoms with Gasteiger partial charge in [0, 0.05) is 14.1 Å². The van der Waals surface area contributed by atoms with Crippen molar-refractivity contribution in [2.24, 2.45) is 5.41 Å². The molecular formula is C13H25N3O. The highest BCUT2D eigenvalue weighted by Gasteiger charge is 2.16. The third-order valence-electron chi connectivity index (χ3n) is 2.79. The normalized spacial score (nSPS) is 12.9. The zero-order chi connectivity index (χ0) is 13.5. The zero-order valence-corrected chi connectivity index (χ0v) is 11.7. The molecule has 0 saturated heterocycles. The molecule has 0 heterocycles. The Bertz CT molecular complexity index is 279. The van der Waals surface area contributed by atoms with Gasteiger partial charge in [-0.3, -0.25) is 4.79 Å². The Morgan fingerprint density at radius 3 is 2.47 bits per heavy atom. The van der Waals surface area contributed by atoms with E-state index in [0.717, 1.165) is 25.8 Å². The summed E-state index contributed by atoms with van der Waals surface area (Å²) < 4.78 is 0. The average molecular weight is 239 g/mol. The van der Waals surface area contributed by atoms with E-state index in [9.17, 15) is 4.79 Å². The number of amides is 1. The van der Waals surface area contributed by atoms with Crippen molar-refractivity contribution in [3.63, 3.8) is 0 Å². The van der Waals surface area contributed by atoms with Crippen LogP contribution < -0.4 is 5.32 Å². The molecule has 0 aliphatic rings. The van der Waals surface area contributed by atoms with Crippen LogP contribution in [0.4, 0.5) is 0 Å². The molecule has 1 atom stereocenters. The fraction of sp³-hybridized carbons (Fsp3) is 0.846. The Labute approximate surface area is 105 Å². The van der Waals surface area contributed by atoms with Crippen LogP contribution in [-0.2, 0) is 4.79 Å². The Kier molecular flexibility index (Phi) is 6.82. The van der Waals surface area contributed by atoms with Gasteiger partial charge in [-0.1, -0.05) is 6.42 Å². The highest BCUT2D eigenvalue weighted by atomic mass is 16.2. The lowest BCUT2D eigenvalue weighted by molar-refractivity contribution is -0.130. The number of nitriles is 1. The number of hydrogen-bond donors (Lipinski definition) is 1. The number of unbranched alkanes of at least 4 members (excludes halogenated alkanes) is 1. The largest absolute Gasteiger partial charge is 0.347 e. The second kappa shape index (κ2) is 7.29. The van der Waals surface area contributed by atoms with Crippen molar-refractivity contribution in [3.05, 3.63) is 0 Å². The Balaban J connectivity index is 3.66. The molecule has 1 N–H and O–H groups in total. The van der Waals surface area contributed by atoms with Crippen molar-refractivity contribution >= 4 is 5.91 Å². The maximum atomic E-state index is 11.5. The van der Waals surface area contributed by atoms with Crippen LogP contribution in [0.3, 0.4) is 0 Å². The zero-order valence-electron chi connectivity index (χ0n) is 11.7. The van der Waals surface area contributed by atoms with Gasteiger partial charge < -0.3 is 10.2 Å². The lowest BCUT2D eigenvalue weighted by Crippen LogP contribution is -2.41. The second-order valence-electron chi connectivity index (χ2n) is 5.36. The average Bonchev–Trinajstić information content (AvgIpc) is 2.27. The fourth-order valence-corrected chi connectivity index (χ4v) is 1.54. The summed E-state index contributed by atoms with van der Waals surface area (Å²) in [5.41, 5.74) is -0.231. The minimum Gasteiger partial charge on any atom is -0.347 e. The molecule has 4 heteroatoms. The Morgan fingerprint density at radius 2 is 2.00 bits per heavy atom. The highest BCUT2D eigenvalue weighted by Crippen LogP contribution is 2.21. The second-order valence-corrected chi connectivity index (χ2v) is 5.36. The Hall–Kier alpha value is -1.08. The molecule has 98 valence electrons. The topological polar surface area (TPSA) is 56.1 Å². The van der Waals surface area contributed by atoms with E-state index in [2.05, 4.69) is 11.4 Å². The van der Waals surface area contributed by atoms with E-state index in [1.165, 1.54) is 0 Å². The molecule has 0 rings (SSSR count). The molecule has 0 aliphatic carbocycles. The van der Waals surface area contributed by atoms with E-state index in [-0.39, 0.29) is 17.4 Å². The van der Waals surface area contributed by atoms with Crippen molar-refractivity contribution in [1.29, 1.82) is 5.26 Å². The molecule has 1 unspecified atom stereocenters. The molecule has 0 aromatic carbocycles. The first-order chi connectivity index (χ1) is 7.80. The molecule has 0 aromatic rings. The first kappa shape index (κ1) is 15.9. The molecule has 1 amide bonds. The molecule has 4 nitrogen and oxygen atoms in total. The van der Waals surface area contributed by atoms with Crippen LogP contribution in [0.2, 0.25) is 0 Å². The van der Waals surface area contributed by atoms with Crippen LogP contribution >= 0.6 is 0 Å². The van der Waals surface area contributed by atoms with E-state index in [1.54, 1.807) is 19.0 Å². The van der Waals surface area contributed by atoms with Gasteiger partial charge >= 0.3 is 0 Å². The van der Waals surface area contributed by atoms with E-state index in [0.29, 0.717) is 0 Å². The SMILES string of the molecule is CC(NCCCCC(C)(C)C#N)C(=O)N(C)C. The van der Waals surface area contributed by atoms with Gasteiger partial charge in [0.05, 0.1) is 17.5 Å². The third-order valence-corrected chi connectivity index (χ3v) is 2.79. The molecule has 0 bridgehead atoms. The summed E-state index contributed by atoms with van der Waals surface area (Å²) in [7, 11) is 3.52. The van der Waals surface area contributed by atoms with Crippen LogP contribution in [0.25, 0.3) is 0 Å². The lowest BCUT2D eigenvalue weighted by atomic mass is 9.89. The minimum absolute atomic E-state index is 0.0994. The maximum absolute atomic E-state index is 11.5. The number of hydrogen-bond acceptors (Lipinski definition) is 3. The van der Waals surface area contributed by atoms with Crippen LogP contribution in [0.5, 0.6) is 0 Å². The number of carbonyl (C=O) groups is 1. The summed E-state index contributed by atoms with van der Waals surface area (Å²) in [6.45, 7) is 6.61. The summed E-state index contributed by atoms with van der Waals surface area (Å²) in [6.07, 6.45) is 2.91. The highest BCUT2D eigenvalue weighted by molar-refractivity contribution is 5.80. The van der Waals surface area contributed by atoms with Crippen molar-refractivity contribution in [1.82, 2.24) is 10.2 Å². The number of rotatable bonds is 7. The van der Waals surface area contributed by atoms with Crippen molar-refractivity contribution in [2.45, 2.75) is 46.1 Å². The predicted molar refractivity (Wildman–Crippen MR) is 69.4 cm³/mol. The first-order valence-corrected chi connectivity index (χ1v) is 6.16. The molecular weight excluding hydrogens is 214 g/mol. The summed E-state index contributed by atoms with van der Waals surface area (Å²) in [4.78, 5) is 13.1. The van der Waals surface area contributed by atoms with Gasteiger partial charge in [-0.25, -0.2) is 0 Å². The van der Waals surface area contributed by atoms with Crippen LogP contribution in [0.1, 0.15) is 40.0 Å². The van der Waals surface area contributed by atoms with Crippen LogP contribution in [0, 0.1) is 16.7 Å². The van der Waals surface area contributed by atoms with E-state index in [4.69, 9.17) is 5.26 Å². The van der Waals surface area contributed by atoms with Gasteiger partial charge in [0.2, 0.25) is 5.91 Å². The predicted octanol–water partition coefficient (Wildman–Crippen LogP) is 1.77. The Morgan fingerprint density at radius 1 is 1.41 bits per heavy atom. The van der Waals surface area contributed by atoms with Crippen molar-refractivity contribution < 1.29 is 4.79 Å². The number of nitrogens with one attached hydrogen (secondary N) is 1. The van der Waals surface area contributed by atoms with Gasteiger partial charge in [-0.05, 0) is 40.2 Å². The molecule has 0 aromatic heterocycles. The van der Waals surface area contributed by atoms with E-state index in [1.807, 2.05) is 20.8 Å². The van der Waals surface area contributed by atoms with Crippen molar-refractivity contribution in [2.75, 3.05) is 20.6 Å². The molecule has 0 radical (unpaired) electrons. The van der Waals surface area contributed by atoms with Gasteiger partial charge in [0.1, 0.15) is 0 Å². The van der Waals surface area contributed by atoms with Crippen LogP contribution in [-0.4, -0.2) is 37.5 Å². The third kappa shape index (κ3) is 6.96. The van der Waals surface area contributed by atoms with Crippen molar-refractivity contribution in [3.8, 4) is 6.07 Å². The van der Waals surface area contributed by atoms with Gasteiger partial charge in [0.25, 0.3) is 0 Å². The van der Waals surface area contributed by atoms with Gasteiger partial charge in [-0.2, -0.15) is 5.26 Å². The van der Waals surface area contributed by atoms with E-state index >= 15 is 0 Å². The monoisotopic (exact) mass is 239 g/mol. The number of likely N-dealkylation sites (N-methyl/N-ethyl adjacent to an activating group) is 1. The molecule has 0 spiro atoms. The fourth-order valence-electron chi connectivity index (χ4n) is 1.54. The number of carbonyl (C=O) groups excluding carboxylic acids is 1. The maximum Gasteiger partial charge on any atom is 0.238 e. The molecule has 0 saturated carbocycles. The summed E-state index contributed by atoms with van der Waals surface area (Å²) in [5, 5.41) is 12.1. The number of nitrogens with zero attached hydrogens (tertiary/aromatic N) is 2. The smallest absolute Gasteiger partial charge is 0.238 e. The molecule has 0 fully saturated rings. The van der Waals surface area contributed by atoms with Crippen LogP contribution in [0.15, 0.2) is 0 Å². The minimum atomic E-state index is -0.231. The standard InChI is InChI=1S/C13H25N3O/c1-11(12(17)16(4)5)15-9-7-6-8-13(2,3)10-14/h11,15H,6-9H2,1-5H3. The molecule has 17 heavy (non-hydrogen) atoms. The first-order valence-electron chi connectivity index (χ1n) is 6.16. The van der Waals surface area contributed by atoms with Gasteiger partial charge in [-0.15, -0.1) is 0 Å². The summed E-state index contributed by atoms with van der Waals surface area (Å²) in [5.74, 6) is 0.0994. The molecule has 0 aliphatic heterocycles. The summed E-state index contributed by atoms with van der Waals surface area (Å²) in [6, 6.07) is 2.16. The quantitative estimate of drug-likeness (QED) is 0.689. The summed E-state index contributed by atoms with van der Waals surface area (Å²) >= 11 is 0. The lowest BCUT2D eigenvalue weighted by Gasteiger charge is -2.18. The van der Waals surface area contributed by atoms with E-state index < -0.39 is 0 Å². The van der Waals surface area contributed by atoms with Gasteiger partial charge in [0.15, 0.2) is 0 Å².